The van der Waals surface area contributed by atoms with Crippen LogP contribution in [0.25, 0.3) is 0 Å². The maximum Gasteiger partial charge on any atom is 0.255 e. The van der Waals surface area contributed by atoms with Crippen LogP contribution < -0.4 is 10.2 Å². The summed E-state index contributed by atoms with van der Waals surface area (Å²) in [5, 5.41) is 2.86. The number of nitrogens with zero attached hydrogens (tertiary/aromatic N) is 2. The fourth-order valence-electron chi connectivity index (χ4n) is 3.50. The average Bonchev–Trinajstić information content (AvgIpc) is 3.12. The fourth-order valence-corrected chi connectivity index (χ4v) is 3.50. The zero-order valence-corrected chi connectivity index (χ0v) is 16.5. The Labute approximate surface area is 165 Å². The van der Waals surface area contributed by atoms with Crippen LogP contribution in [-0.2, 0) is 11.2 Å². The van der Waals surface area contributed by atoms with E-state index in [0.29, 0.717) is 36.4 Å². The molecule has 3 amide bonds. The summed E-state index contributed by atoms with van der Waals surface area (Å²) in [6, 6.07) is 12.4. The van der Waals surface area contributed by atoms with Gasteiger partial charge < -0.3 is 15.1 Å². The third-order valence-corrected chi connectivity index (χ3v) is 5.04. The molecule has 2 aromatic rings. The SMILES string of the molecule is CCN(CC)C(=O)c1cccc(NC(=O)c2ccc3c(c2)CCN3C(C)=O)c1. The van der Waals surface area contributed by atoms with Crippen LogP contribution in [0.5, 0.6) is 0 Å². The molecule has 0 aliphatic carbocycles. The maximum absolute atomic E-state index is 12.7. The van der Waals surface area contributed by atoms with Gasteiger partial charge in [-0.3, -0.25) is 14.4 Å². The van der Waals surface area contributed by atoms with Crippen LogP contribution in [0.15, 0.2) is 42.5 Å². The first-order valence-corrected chi connectivity index (χ1v) is 9.56. The van der Waals surface area contributed by atoms with Gasteiger partial charge in [-0.25, -0.2) is 0 Å². The molecule has 0 atom stereocenters. The predicted octanol–water partition coefficient (Wildman–Crippen LogP) is 3.33. The highest BCUT2D eigenvalue weighted by Gasteiger charge is 2.23. The summed E-state index contributed by atoms with van der Waals surface area (Å²) >= 11 is 0. The Kier molecular flexibility index (Phi) is 5.78. The summed E-state index contributed by atoms with van der Waals surface area (Å²) in [4.78, 5) is 40.3. The molecule has 0 saturated heterocycles. The van der Waals surface area contributed by atoms with Crippen LogP contribution in [0.2, 0.25) is 0 Å². The van der Waals surface area contributed by atoms with E-state index in [1.807, 2.05) is 26.0 Å². The summed E-state index contributed by atoms with van der Waals surface area (Å²) in [5.41, 5.74) is 3.52. The molecule has 0 unspecified atom stereocenters. The van der Waals surface area contributed by atoms with E-state index in [0.717, 1.165) is 17.7 Å². The maximum atomic E-state index is 12.7. The normalized spacial score (nSPS) is 12.5. The van der Waals surface area contributed by atoms with Crippen molar-refractivity contribution in [3.8, 4) is 0 Å². The van der Waals surface area contributed by atoms with Crippen LogP contribution in [0.4, 0.5) is 11.4 Å². The van der Waals surface area contributed by atoms with Gasteiger partial charge in [-0.15, -0.1) is 0 Å². The molecule has 2 aromatic carbocycles. The van der Waals surface area contributed by atoms with Gasteiger partial charge in [-0.1, -0.05) is 6.07 Å². The lowest BCUT2D eigenvalue weighted by Crippen LogP contribution is -2.30. The third kappa shape index (κ3) is 3.91. The highest BCUT2D eigenvalue weighted by Crippen LogP contribution is 2.29. The number of nitrogens with one attached hydrogen (secondary N) is 1. The van der Waals surface area contributed by atoms with Gasteiger partial charge in [0.15, 0.2) is 0 Å². The molecule has 146 valence electrons. The van der Waals surface area contributed by atoms with Crippen molar-refractivity contribution in [3.63, 3.8) is 0 Å². The molecular weight excluding hydrogens is 354 g/mol. The highest BCUT2D eigenvalue weighted by atomic mass is 16.2. The lowest BCUT2D eigenvalue weighted by molar-refractivity contribution is -0.116. The van der Waals surface area contributed by atoms with Crippen LogP contribution in [0, 0.1) is 0 Å². The topological polar surface area (TPSA) is 69.7 Å². The van der Waals surface area contributed by atoms with Crippen LogP contribution in [0.3, 0.4) is 0 Å². The molecule has 1 aliphatic heterocycles. The quantitative estimate of drug-likeness (QED) is 0.866. The number of benzene rings is 2. The number of amides is 3. The van der Waals surface area contributed by atoms with Gasteiger partial charge in [0, 0.05) is 49.1 Å². The first-order chi connectivity index (χ1) is 13.4. The van der Waals surface area contributed by atoms with E-state index >= 15 is 0 Å². The second-order valence-corrected chi connectivity index (χ2v) is 6.78. The molecule has 1 aliphatic rings. The Balaban J connectivity index is 1.76. The summed E-state index contributed by atoms with van der Waals surface area (Å²) in [7, 11) is 0. The Morgan fingerprint density at radius 3 is 2.46 bits per heavy atom. The Bertz CT molecular complexity index is 919. The lowest BCUT2D eigenvalue weighted by atomic mass is 10.1. The van der Waals surface area contributed by atoms with Gasteiger partial charge in [0.1, 0.15) is 0 Å². The molecule has 0 aromatic heterocycles. The molecule has 1 heterocycles. The van der Waals surface area contributed by atoms with Crippen molar-refractivity contribution in [1.29, 1.82) is 0 Å². The fraction of sp³-hybridized carbons (Fsp3) is 0.318. The van der Waals surface area contributed by atoms with Crippen molar-refractivity contribution in [2.24, 2.45) is 0 Å². The zero-order valence-electron chi connectivity index (χ0n) is 16.5. The molecule has 6 heteroatoms. The van der Waals surface area contributed by atoms with Crippen molar-refractivity contribution >= 4 is 29.1 Å². The molecule has 0 bridgehead atoms. The van der Waals surface area contributed by atoms with Gasteiger partial charge in [-0.05, 0) is 62.2 Å². The second-order valence-electron chi connectivity index (χ2n) is 6.78. The Morgan fingerprint density at radius 1 is 1.04 bits per heavy atom. The number of anilines is 2. The number of carbonyl (C=O) groups excluding carboxylic acids is 3. The molecule has 6 nitrogen and oxygen atoms in total. The van der Waals surface area contributed by atoms with Crippen molar-refractivity contribution in [2.75, 3.05) is 29.9 Å². The van der Waals surface area contributed by atoms with E-state index in [1.165, 1.54) is 0 Å². The number of hydrogen-bond acceptors (Lipinski definition) is 3. The summed E-state index contributed by atoms with van der Waals surface area (Å²) in [6.07, 6.45) is 0.740. The second kappa shape index (κ2) is 8.25. The third-order valence-electron chi connectivity index (χ3n) is 5.04. The van der Waals surface area contributed by atoms with Crippen molar-refractivity contribution in [3.05, 3.63) is 59.2 Å². The molecule has 0 spiro atoms. The van der Waals surface area contributed by atoms with Gasteiger partial charge >= 0.3 is 0 Å². The largest absolute Gasteiger partial charge is 0.339 e. The van der Waals surface area contributed by atoms with E-state index in [9.17, 15) is 14.4 Å². The minimum atomic E-state index is -0.239. The predicted molar refractivity (Wildman–Crippen MR) is 110 cm³/mol. The van der Waals surface area contributed by atoms with Crippen LogP contribution in [0.1, 0.15) is 47.1 Å². The molecule has 0 fully saturated rings. The molecule has 28 heavy (non-hydrogen) atoms. The van der Waals surface area contributed by atoms with E-state index in [2.05, 4.69) is 5.32 Å². The van der Waals surface area contributed by atoms with Gasteiger partial charge in [0.2, 0.25) is 5.91 Å². The highest BCUT2D eigenvalue weighted by molar-refractivity contribution is 6.06. The number of hydrogen-bond donors (Lipinski definition) is 1. The van der Waals surface area contributed by atoms with Crippen LogP contribution in [-0.4, -0.2) is 42.3 Å². The van der Waals surface area contributed by atoms with Crippen molar-refractivity contribution in [1.82, 2.24) is 4.90 Å². The standard InChI is InChI=1S/C22H25N3O3/c1-4-24(5-2)22(28)18-7-6-8-19(14-18)23-21(27)17-9-10-20-16(13-17)11-12-25(20)15(3)26/h6-10,13-14H,4-5,11-12H2,1-3H3,(H,23,27). The number of rotatable bonds is 5. The monoisotopic (exact) mass is 379 g/mol. The molecule has 0 saturated carbocycles. The van der Waals surface area contributed by atoms with E-state index < -0.39 is 0 Å². The molecule has 3 rings (SSSR count). The molecular formula is C22H25N3O3. The van der Waals surface area contributed by atoms with Crippen molar-refractivity contribution < 1.29 is 14.4 Å². The minimum Gasteiger partial charge on any atom is -0.339 e. The average molecular weight is 379 g/mol. The summed E-state index contributed by atoms with van der Waals surface area (Å²) in [6.45, 7) is 7.34. The Hall–Kier alpha value is -3.15. The number of fused-ring (bicyclic) bond motifs is 1. The van der Waals surface area contributed by atoms with Crippen LogP contribution >= 0.6 is 0 Å². The number of carbonyl (C=O) groups is 3. The van der Waals surface area contributed by atoms with Gasteiger partial charge in [0.05, 0.1) is 0 Å². The zero-order chi connectivity index (χ0) is 20.3. The van der Waals surface area contributed by atoms with E-state index in [4.69, 9.17) is 0 Å². The minimum absolute atomic E-state index is 0.00522. The van der Waals surface area contributed by atoms with Gasteiger partial charge in [-0.2, -0.15) is 0 Å². The summed E-state index contributed by atoms with van der Waals surface area (Å²) in [5.74, 6) is -0.287. The van der Waals surface area contributed by atoms with Crippen molar-refractivity contribution in [2.45, 2.75) is 27.2 Å². The smallest absolute Gasteiger partial charge is 0.255 e. The van der Waals surface area contributed by atoms with E-state index in [1.54, 1.807) is 47.1 Å². The lowest BCUT2D eigenvalue weighted by Gasteiger charge is -2.19. The van der Waals surface area contributed by atoms with Gasteiger partial charge in [0.25, 0.3) is 11.8 Å². The molecule has 0 radical (unpaired) electrons. The Morgan fingerprint density at radius 2 is 1.79 bits per heavy atom. The summed E-state index contributed by atoms with van der Waals surface area (Å²) < 4.78 is 0. The molecule has 1 N–H and O–H groups in total. The van der Waals surface area contributed by atoms with E-state index in [-0.39, 0.29) is 17.7 Å². The first-order valence-electron chi connectivity index (χ1n) is 9.56. The first kappa shape index (κ1) is 19.6.